The number of nitrogens with one attached hydrogen (secondary N) is 1. The van der Waals surface area contributed by atoms with Crippen molar-refractivity contribution in [2.75, 3.05) is 26.3 Å². The fraction of sp³-hybridized carbons (Fsp3) is 1.00. The van der Waals surface area contributed by atoms with Gasteiger partial charge in [-0.2, -0.15) is 0 Å². The van der Waals surface area contributed by atoms with E-state index in [-0.39, 0.29) is 19.3 Å². The molecule has 18 heavy (non-hydrogen) atoms. The third-order valence-corrected chi connectivity index (χ3v) is 5.20. The van der Waals surface area contributed by atoms with E-state index in [0.717, 1.165) is 25.2 Å². The maximum absolute atomic E-state index is 9.22. The molecule has 0 bridgehead atoms. The molecule has 0 atom stereocenters. The lowest BCUT2D eigenvalue weighted by molar-refractivity contribution is -0.0258. The molecule has 3 aliphatic rings. The molecular weight excluding hydrogens is 228 g/mol. The highest BCUT2D eigenvalue weighted by atomic mass is 16.3. The maximum Gasteiger partial charge on any atom is 0.0609 e. The Hall–Kier alpha value is -0.160. The number of aliphatic hydroxyl groups excluding tert-OH is 2. The molecule has 0 aromatic heterocycles. The van der Waals surface area contributed by atoms with Gasteiger partial charge in [-0.25, -0.2) is 0 Å². The largest absolute Gasteiger partial charge is 0.395 e. The topological polar surface area (TPSA) is 55.7 Å². The summed E-state index contributed by atoms with van der Waals surface area (Å²) in [6.07, 6.45) is 7.94. The highest BCUT2D eigenvalue weighted by molar-refractivity contribution is 5.02. The molecule has 2 saturated carbocycles. The Morgan fingerprint density at radius 2 is 1.67 bits per heavy atom. The van der Waals surface area contributed by atoms with Gasteiger partial charge >= 0.3 is 0 Å². The molecule has 1 spiro atoms. The summed E-state index contributed by atoms with van der Waals surface area (Å²) < 4.78 is 0. The van der Waals surface area contributed by atoms with Crippen molar-refractivity contribution in [3.8, 4) is 0 Å². The van der Waals surface area contributed by atoms with Crippen LogP contribution >= 0.6 is 0 Å². The summed E-state index contributed by atoms with van der Waals surface area (Å²) in [5.41, 5.74) is 0.582. The zero-order valence-electron chi connectivity index (χ0n) is 11.1. The number of likely N-dealkylation sites (tertiary alicyclic amines) is 1. The summed E-state index contributed by atoms with van der Waals surface area (Å²) in [7, 11) is 0. The average molecular weight is 254 g/mol. The van der Waals surface area contributed by atoms with E-state index in [1.807, 2.05) is 0 Å². The zero-order chi connectivity index (χ0) is 12.6. The van der Waals surface area contributed by atoms with Gasteiger partial charge in [-0.1, -0.05) is 0 Å². The van der Waals surface area contributed by atoms with Gasteiger partial charge in [0.25, 0.3) is 0 Å². The van der Waals surface area contributed by atoms with Crippen molar-refractivity contribution in [2.24, 2.45) is 5.41 Å². The SMILES string of the molecule is OCC(CO)N1CCC2(CC1)CC(NC1CC1)C2. The molecule has 104 valence electrons. The van der Waals surface area contributed by atoms with Gasteiger partial charge < -0.3 is 15.5 Å². The summed E-state index contributed by atoms with van der Waals surface area (Å²) in [5.74, 6) is 0. The fourth-order valence-corrected chi connectivity index (χ4v) is 3.75. The van der Waals surface area contributed by atoms with Gasteiger partial charge in [0.1, 0.15) is 0 Å². The Kier molecular flexibility index (Phi) is 3.63. The second-order valence-corrected chi connectivity index (χ2v) is 6.60. The fourth-order valence-electron chi connectivity index (χ4n) is 3.75. The molecule has 1 saturated heterocycles. The van der Waals surface area contributed by atoms with Crippen molar-refractivity contribution >= 4 is 0 Å². The number of hydrogen-bond acceptors (Lipinski definition) is 4. The van der Waals surface area contributed by atoms with Gasteiger partial charge in [0.15, 0.2) is 0 Å². The van der Waals surface area contributed by atoms with Crippen molar-refractivity contribution in [1.82, 2.24) is 10.2 Å². The van der Waals surface area contributed by atoms with E-state index in [1.165, 1.54) is 38.5 Å². The first kappa shape index (κ1) is 12.9. The van der Waals surface area contributed by atoms with Crippen LogP contribution in [-0.4, -0.2) is 59.5 Å². The minimum absolute atomic E-state index is 0.0391. The van der Waals surface area contributed by atoms with E-state index in [0.29, 0.717) is 5.41 Å². The van der Waals surface area contributed by atoms with Crippen LogP contribution in [0.5, 0.6) is 0 Å². The van der Waals surface area contributed by atoms with E-state index in [4.69, 9.17) is 0 Å². The van der Waals surface area contributed by atoms with Crippen LogP contribution in [0.25, 0.3) is 0 Å². The number of hydrogen-bond donors (Lipinski definition) is 3. The smallest absolute Gasteiger partial charge is 0.0609 e. The van der Waals surface area contributed by atoms with E-state index in [9.17, 15) is 10.2 Å². The Labute approximate surface area is 109 Å². The molecule has 3 fully saturated rings. The van der Waals surface area contributed by atoms with Gasteiger partial charge in [0.2, 0.25) is 0 Å². The van der Waals surface area contributed by atoms with Gasteiger partial charge in [-0.3, -0.25) is 4.90 Å². The van der Waals surface area contributed by atoms with Crippen LogP contribution < -0.4 is 5.32 Å². The normalized spacial score (nSPS) is 28.8. The van der Waals surface area contributed by atoms with Gasteiger partial charge in [-0.05, 0) is 57.0 Å². The lowest BCUT2D eigenvalue weighted by Gasteiger charge is -2.53. The van der Waals surface area contributed by atoms with Gasteiger partial charge in [0, 0.05) is 12.1 Å². The maximum atomic E-state index is 9.22. The van der Waals surface area contributed by atoms with Crippen LogP contribution in [0.3, 0.4) is 0 Å². The second kappa shape index (κ2) is 5.08. The highest BCUT2D eigenvalue weighted by Gasteiger charge is 2.47. The molecule has 1 heterocycles. The summed E-state index contributed by atoms with van der Waals surface area (Å²) in [4.78, 5) is 2.26. The van der Waals surface area contributed by atoms with E-state index in [1.54, 1.807) is 0 Å². The van der Waals surface area contributed by atoms with Crippen LogP contribution in [0.15, 0.2) is 0 Å². The Bertz CT molecular complexity index is 274. The monoisotopic (exact) mass is 254 g/mol. The third kappa shape index (κ3) is 2.57. The van der Waals surface area contributed by atoms with Crippen LogP contribution in [0, 0.1) is 5.41 Å². The van der Waals surface area contributed by atoms with E-state index in [2.05, 4.69) is 10.2 Å². The molecule has 3 rings (SSSR count). The van der Waals surface area contributed by atoms with Crippen LogP contribution in [0.1, 0.15) is 38.5 Å². The lowest BCUT2D eigenvalue weighted by atomic mass is 9.60. The predicted molar refractivity (Wildman–Crippen MR) is 70.4 cm³/mol. The van der Waals surface area contributed by atoms with E-state index < -0.39 is 0 Å². The summed E-state index contributed by atoms with van der Waals surface area (Å²) >= 11 is 0. The van der Waals surface area contributed by atoms with Crippen molar-refractivity contribution in [1.29, 1.82) is 0 Å². The quantitative estimate of drug-likeness (QED) is 0.662. The lowest BCUT2D eigenvalue weighted by Crippen LogP contribution is -2.56. The summed E-state index contributed by atoms with van der Waals surface area (Å²) in [6.45, 7) is 2.24. The first-order chi connectivity index (χ1) is 8.74. The molecule has 0 unspecified atom stereocenters. The van der Waals surface area contributed by atoms with Crippen LogP contribution in [0.2, 0.25) is 0 Å². The van der Waals surface area contributed by atoms with Crippen molar-refractivity contribution in [3.05, 3.63) is 0 Å². The molecule has 3 N–H and O–H groups in total. The zero-order valence-corrected chi connectivity index (χ0v) is 11.1. The first-order valence-electron chi connectivity index (χ1n) is 7.46. The minimum atomic E-state index is -0.0391. The second-order valence-electron chi connectivity index (χ2n) is 6.60. The van der Waals surface area contributed by atoms with Crippen molar-refractivity contribution in [2.45, 2.75) is 56.7 Å². The average Bonchev–Trinajstić information content (AvgIpc) is 3.15. The minimum Gasteiger partial charge on any atom is -0.395 e. The molecule has 2 aliphatic carbocycles. The van der Waals surface area contributed by atoms with Crippen molar-refractivity contribution in [3.63, 3.8) is 0 Å². The van der Waals surface area contributed by atoms with Gasteiger partial charge in [-0.15, -0.1) is 0 Å². The molecule has 0 aromatic rings. The summed E-state index contributed by atoms with van der Waals surface area (Å²) in [5, 5.41) is 22.2. The first-order valence-corrected chi connectivity index (χ1v) is 7.46. The Morgan fingerprint density at radius 1 is 1.06 bits per heavy atom. The molecule has 1 aliphatic heterocycles. The number of piperidine rings is 1. The Morgan fingerprint density at radius 3 is 2.17 bits per heavy atom. The Balaban J connectivity index is 1.43. The molecule has 0 aromatic carbocycles. The number of rotatable bonds is 5. The summed E-state index contributed by atoms with van der Waals surface area (Å²) in [6, 6.07) is 1.57. The van der Waals surface area contributed by atoms with E-state index >= 15 is 0 Å². The number of nitrogens with zero attached hydrogens (tertiary/aromatic N) is 1. The predicted octanol–water partition coefficient (Wildman–Crippen LogP) is 0.336. The highest BCUT2D eigenvalue weighted by Crippen LogP contribution is 2.49. The van der Waals surface area contributed by atoms with Gasteiger partial charge in [0.05, 0.1) is 19.3 Å². The molecule has 4 heteroatoms. The molecule has 0 amide bonds. The van der Waals surface area contributed by atoms with Crippen LogP contribution in [0.4, 0.5) is 0 Å². The molecule has 4 nitrogen and oxygen atoms in total. The third-order valence-electron chi connectivity index (χ3n) is 5.20. The van der Waals surface area contributed by atoms with Crippen molar-refractivity contribution < 1.29 is 10.2 Å². The van der Waals surface area contributed by atoms with Crippen LogP contribution in [-0.2, 0) is 0 Å². The standard InChI is InChI=1S/C14H26N2O2/c17-9-13(10-18)16-5-3-14(4-6-16)7-12(8-14)15-11-1-2-11/h11-13,15,17-18H,1-10H2. The molecular formula is C14H26N2O2. The number of aliphatic hydroxyl groups is 2. The molecule has 0 radical (unpaired) electrons.